The quantitative estimate of drug-likeness (QED) is 0.804. The monoisotopic (exact) mass is 232 g/mol. The lowest BCUT2D eigenvalue weighted by Crippen LogP contribution is -2.25. The Bertz CT molecular complexity index is 463. The summed E-state index contributed by atoms with van der Waals surface area (Å²) in [4.78, 5) is 13.5. The normalized spacial score (nSPS) is 21.1. The second-order valence-corrected chi connectivity index (χ2v) is 5.76. The van der Waals surface area contributed by atoms with E-state index < -0.39 is 0 Å². The Morgan fingerprint density at radius 3 is 2.65 bits per heavy atom. The van der Waals surface area contributed by atoms with E-state index in [2.05, 4.69) is 13.8 Å². The van der Waals surface area contributed by atoms with E-state index in [4.69, 9.17) is 5.73 Å². The number of benzene rings is 1. The summed E-state index contributed by atoms with van der Waals surface area (Å²) in [7, 11) is 3.53. The van der Waals surface area contributed by atoms with Crippen molar-refractivity contribution in [2.75, 3.05) is 14.1 Å². The molecule has 0 heterocycles. The van der Waals surface area contributed by atoms with Crippen molar-refractivity contribution in [3.05, 3.63) is 34.9 Å². The first kappa shape index (κ1) is 12.1. The number of carbonyl (C=O) groups excluding carboxylic acids is 1. The van der Waals surface area contributed by atoms with Gasteiger partial charge in [0.15, 0.2) is 0 Å². The maximum atomic E-state index is 11.9. The summed E-state index contributed by atoms with van der Waals surface area (Å²) in [5, 5.41) is 0. The minimum absolute atomic E-state index is 0.0208. The topological polar surface area (TPSA) is 46.3 Å². The number of fused-ring (bicyclic) bond motifs is 1. The highest BCUT2D eigenvalue weighted by molar-refractivity contribution is 5.94. The van der Waals surface area contributed by atoms with Gasteiger partial charge >= 0.3 is 0 Å². The molecule has 0 spiro atoms. The molecule has 92 valence electrons. The van der Waals surface area contributed by atoms with Gasteiger partial charge in [-0.25, -0.2) is 0 Å². The van der Waals surface area contributed by atoms with Gasteiger partial charge in [-0.2, -0.15) is 0 Å². The van der Waals surface area contributed by atoms with Crippen LogP contribution in [0, 0.1) is 5.41 Å². The Balaban J connectivity index is 2.41. The van der Waals surface area contributed by atoms with Crippen molar-refractivity contribution >= 4 is 5.91 Å². The largest absolute Gasteiger partial charge is 0.345 e. The first-order valence-corrected chi connectivity index (χ1v) is 5.93. The van der Waals surface area contributed by atoms with Crippen molar-refractivity contribution in [1.29, 1.82) is 0 Å². The number of amides is 1. The minimum atomic E-state index is 0.0208. The molecule has 1 atom stereocenters. The van der Waals surface area contributed by atoms with Gasteiger partial charge in [0.2, 0.25) is 0 Å². The summed E-state index contributed by atoms with van der Waals surface area (Å²) in [5.74, 6) is 0.0321. The second-order valence-electron chi connectivity index (χ2n) is 5.76. The molecule has 17 heavy (non-hydrogen) atoms. The average molecular weight is 232 g/mol. The van der Waals surface area contributed by atoms with Gasteiger partial charge in [0.25, 0.3) is 5.91 Å². The summed E-state index contributed by atoms with van der Waals surface area (Å²) in [6.07, 6.45) is 0.986. The first-order chi connectivity index (χ1) is 7.83. The first-order valence-electron chi connectivity index (χ1n) is 5.93. The summed E-state index contributed by atoms with van der Waals surface area (Å²) < 4.78 is 0. The van der Waals surface area contributed by atoms with Gasteiger partial charge < -0.3 is 10.6 Å². The van der Waals surface area contributed by atoms with Crippen LogP contribution in [0.15, 0.2) is 18.2 Å². The molecule has 0 radical (unpaired) electrons. The lowest BCUT2D eigenvalue weighted by atomic mass is 9.86. The average Bonchev–Trinajstić information content (AvgIpc) is 2.48. The molecule has 0 fully saturated rings. The van der Waals surface area contributed by atoms with Crippen LogP contribution in [0.4, 0.5) is 0 Å². The van der Waals surface area contributed by atoms with Crippen molar-refractivity contribution in [3.8, 4) is 0 Å². The zero-order chi connectivity index (χ0) is 12.8. The number of carbonyl (C=O) groups is 1. The molecule has 2 rings (SSSR count). The molecule has 1 aromatic rings. The summed E-state index contributed by atoms with van der Waals surface area (Å²) in [5.41, 5.74) is 9.46. The highest BCUT2D eigenvalue weighted by Gasteiger charge is 2.36. The number of nitrogens with zero attached hydrogens (tertiary/aromatic N) is 1. The Labute approximate surface area is 103 Å². The van der Waals surface area contributed by atoms with Gasteiger partial charge in [-0.1, -0.05) is 19.9 Å². The van der Waals surface area contributed by atoms with Gasteiger partial charge in [0, 0.05) is 25.7 Å². The smallest absolute Gasteiger partial charge is 0.253 e. The molecule has 0 saturated carbocycles. The van der Waals surface area contributed by atoms with Gasteiger partial charge in [0.1, 0.15) is 0 Å². The molecule has 3 nitrogen and oxygen atoms in total. The Hall–Kier alpha value is -1.35. The molecule has 1 aliphatic rings. The third-order valence-electron chi connectivity index (χ3n) is 3.62. The van der Waals surface area contributed by atoms with Crippen LogP contribution in [0.2, 0.25) is 0 Å². The van der Waals surface area contributed by atoms with E-state index in [1.54, 1.807) is 19.0 Å². The standard InChI is InChI=1S/C14H20N2O/c1-14(2)8-10-6-5-9(13(17)16(3)4)7-11(10)12(14)15/h5-7,12H,8,15H2,1-4H3. The van der Waals surface area contributed by atoms with Gasteiger partial charge in [0.05, 0.1) is 0 Å². The molecule has 1 aliphatic carbocycles. The fraction of sp³-hybridized carbons (Fsp3) is 0.500. The third kappa shape index (κ3) is 1.95. The van der Waals surface area contributed by atoms with Crippen molar-refractivity contribution in [1.82, 2.24) is 4.90 Å². The molecule has 1 unspecified atom stereocenters. The molecule has 0 aromatic heterocycles. The lowest BCUT2D eigenvalue weighted by molar-refractivity contribution is 0.0827. The molecule has 0 aliphatic heterocycles. The Morgan fingerprint density at radius 1 is 1.41 bits per heavy atom. The van der Waals surface area contributed by atoms with Crippen LogP contribution < -0.4 is 5.73 Å². The summed E-state index contributed by atoms with van der Waals surface area (Å²) in [6.45, 7) is 4.34. The molecular weight excluding hydrogens is 212 g/mol. The highest BCUT2D eigenvalue weighted by atomic mass is 16.2. The van der Waals surface area contributed by atoms with Crippen LogP contribution >= 0.6 is 0 Å². The molecular formula is C14H20N2O. The minimum Gasteiger partial charge on any atom is -0.345 e. The van der Waals surface area contributed by atoms with E-state index in [9.17, 15) is 4.79 Å². The van der Waals surface area contributed by atoms with Gasteiger partial charge in [-0.3, -0.25) is 4.79 Å². The molecule has 1 aromatic carbocycles. The molecule has 0 bridgehead atoms. The zero-order valence-corrected chi connectivity index (χ0v) is 10.9. The van der Waals surface area contributed by atoms with Crippen molar-refractivity contribution in [3.63, 3.8) is 0 Å². The van der Waals surface area contributed by atoms with Crippen LogP contribution in [-0.2, 0) is 6.42 Å². The van der Waals surface area contributed by atoms with Crippen LogP contribution in [0.5, 0.6) is 0 Å². The van der Waals surface area contributed by atoms with E-state index in [-0.39, 0.29) is 17.4 Å². The maximum absolute atomic E-state index is 11.9. The van der Waals surface area contributed by atoms with Gasteiger partial charge in [-0.05, 0) is 35.1 Å². The zero-order valence-electron chi connectivity index (χ0n) is 10.9. The van der Waals surface area contributed by atoms with Crippen LogP contribution in [0.25, 0.3) is 0 Å². The molecule has 0 saturated heterocycles. The lowest BCUT2D eigenvalue weighted by Gasteiger charge is -2.23. The van der Waals surface area contributed by atoms with Crippen LogP contribution in [0.3, 0.4) is 0 Å². The van der Waals surface area contributed by atoms with E-state index in [0.717, 1.165) is 17.5 Å². The SMILES string of the molecule is CN(C)C(=O)c1ccc2c(c1)C(N)C(C)(C)C2. The van der Waals surface area contributed by atoms with E-state index in [1.807, 2.05) is 18.2 Å². The van der Waals surface area contributed by atoms with E-state index in [1.165, 1.54) is 5.56 Å². The fourth-order valence-corrected chi connectivity index (χ4v) is 2.46. The summed E-state index contributed by atoms with van der Waals surface area (Å²) >= 11 is 0. The van der Waals surface area contributed by atoms with Crippen molar-refractivity contribution < 1.29 is 4.79 Å². The Morgan fingerprint density at radius 2 is 2.06 bits per heavy atom. The molecule has 2 N–H and O–H groups in total. The van der Waals surface area contributed by atoms with Crippen molar-refractivity contribution in [2.24, 2.45) is 11.1 Å². The van der Waals surface area contributed by atoms with Gasteiger partial charge in [-0.15, -0.1) is 0 Å². The molecule has 3 heteroatoms. The van der Waals surface area contributed by atoms with Crippen molar-refractivity contribution in [2.45, 2.75) is 26.3 Å². The fourth-order valence-electron chi connectivity index (χ4n) is 2.46. The van der Waals surface area contributed by atoms with E-state index in [0.29, 0.717) is 0 Å². The van der Waals surface area contributed by atoms with Crippen LogP contribution in [0.1, 0.15) is 41.4 Å². The Kier molecular flexibility index (Phi) is 2.74. The predicted molar refractivity (Wildman–Crippen MR) is 68.9 cm³/mol. The van der Waals surface area contributed by atoms with Crippen LogP contribution in [-0.4, -0.2) is 24.9 Å². The predicted octanol–water partition coefficient (Wildman–Crippen LogP) is 1.97. The third-order valence-corrected chi connectivity index (χ3v) is 3.62. The highest BCUT2D eigenvalue weighted by Crippen LogP contribution is 2.43. The number of nitrogens with two attached hydrogens (primary N) is 1. The second kappa shape index (κ2) is 3.84. The summed E-state index contributed by atoms with van der Waals surface area (Å²) in [6, 6.07) is 5.92. The molecule has 1 amide bonds. The number of rotatable bonds is 1. The number of hydrogen-bond donors (Lipinski definition) is 1. The maximum Gasteiger partial charge on any atom is 0.253 e. The van der Waals surface area contributed by atoms with E-state index >= 15 is 0 Å². The number of hydrogen-bond acceptors (Lipinski definition) is 2.